The highest BCUT2D eigenvalue weighted by Gasteiger charge is 2.24. The van der Waals surface area contributed by atoms with E-state index in [1.165, 1.54) is 12.8 Å². The van der Waals surface area contributed by atoms with Gasteiger partial charge >= 0.3 is 0 Å². The highest BCUT2D eigenvalue weighted by molar-refractivity contribution is 5.76. The fourth-order valence-electron chi connectivity index (χ4n) is 2.65. The first-order valence-corrected chi connectivity index (χ1v) is 7.31. The molecule has 2 N–H and O–H groups in total. The molecule has 104 valence electrons. The first kappa shape index (κ1) is 13.8. The van der Waals surface area contributed by atoms with Crippen LogP contribution < -0.4 is 10.6 Å². The van der Waals surface area contributed by atoms with Crippen LogP contribution in [0.5, 0.6) is 0 Å². The molecule has 18 heavy (non-hydrogen) atoms. The fraction of sp³-hybridized carbons (Fsp3) is 0.929. The van der Waals surface area contributed by atoms with Crippen LogP contribution in [-0.4, -0.2) is 36.7 Å². The van der Waals surface area contributed by atoms with Crippen LogP contribution in [-0.2, 0) is 9.53 Å². The van der Waals surface area contributed by atoms with Crippen molar-refractivity contribution in [1.82, 2.24) is 10.6 Å². The quantitative estimate of drug-likeness (QED) is 0.708. The van der Waals surface area contributed by atoms with Gasteiger partial charge in [0.15, 0.2) is 0 Å². The lowest BCUT2D eigenvalue weighted by Crippen LogP contribution is -2.41. The minimum atomic E-state index is 0.216. The molecule has 1 aliphatic carbocycles. The normalized spacial score (nSPS) is 32.2. The van der Waals surface area contributed by atoms with Gasteiger partial charge in [-0.15, -0.1) is 0 Å². The standard InChI is InChI=1S/C14H26N2O2/c1-10-8-13(9-11(2)18-10)15-7-3-4-14(17)16-12-5-6-12/h10-13,15H,3-9H2,1-2H3,(H,16,17). The lowest BCUT2D eigenvalue weighted by atomic mass is 10.00. The average molecular weight is 254 g/mol. The summed E-state index contributed by atoms with van der Waals surface area (Å²) in [6.07, 6.45) is 6.78. The first-order valence-electron chi connectivity index (χ1n) is 7.31. The van der Waals surface area contributed by atoms with E-state index < -0.39 is 0 Å². The molecular formula is C14H26N2O2. The minimum absolute atomic E-state index is 0.216. The Morgan fingerprint density at radius 1 is 1.17 bits per heavy atom. The molecule has 4 nitrogen and oxygen atoms in total. The smallest absolute Gasteiger partial charge is 0.220 e. The maximum Gasteiger partial charge on any atom is 0.220 e. The predicted octanol–water partition coefficient (Wildman–Crippen LogP) is 1.59. The van der Waals surface area contributed by atoms with E-state index in [1.54, 1.807) is 0 Å². The van der Waals surface area contributed by atoms with Crippen molar-refractivity contribution in [1.29, 1.82) is 0 Å². The molecule has 2 rings (SSSR count). The molecule has 1 saturated carbocycles. The van der Waals surface area contributed by atoms with Gasteiger partial charge in [-0.05, 0) is 52.5 Å². The topological polar surface area (TPSA) is 50.4 Å². The summed E-state index contributed by atoms with van der Waals surface area (Å²) >= 11 is 0. The van der Waals surface area contributed by atoms with Crippen LogP contribution in [0.4, 0.5) is 0 Å². The molecule has 1 heterocycles. The highest BCUT2D eigenvalue weighted by Crippen LogP contribution is 2.19. The van der Waals surface area contributed by atoms with Crippen molar-refractivity contribution in [3.63, 3.8) is 0 Å². The van der Waals surface area contributed by atoms with E-state index in [-0.39, 0.29) is 5.91 Å². The summed E-state index contributed by atoms with van der Waals surface area (Å²) in [6, 6.07) is 1.04. The van der Waals surface area contributed by atoms with Crippen LogP contribution in [0.3, 0.4) is 0 Å². The summed E-state index contributed by atoms with van der Waals surface area (Å²) in [5.41, 5.74) is 0. The maximum absolute atomic E-state index is 11.5. The molecule has 0 bridgehead atoms. The molecular weight excluding hydrogens is 228 g/mol. The molecule has 2 aliphatic rings. The van der Waals surface area contributed by atoms with Gasteiger partial charge in [-0.3, -0.25) is 4.79 Å². The number of nitrogens with one attached hydrogen (secondary N) is 2. The summed E-state index contributed by atoms with van der Waals surface area (Å²) in [4.78, 5) is 11.5. The van der Waals surface area contributed by atoms with Crippen molar-refractivity contribution in [3.8, 4) is 0 Å². The van der Waals surface area contributed by atoms with Crippen molar-refractivity contribution < 1.29 is 9.53 Å². The average Bonchev–Trinajstić information content (AvgIpc) is 3.07. The van der Waals surface area contributed by atoms with Gasteiger partial charge < -0.3 is 15.4 Å². The number of amides is 1. The number of ether oxygens (including phenoxy) is 1. The molecule has 1 saturated heterocycles. The lowest BCUT2D eigenvalue weighted by Gasteiger charge is -2.32. The second-order valence-electron chi connectivity index (χ2n) is 5.83. The minimum Gasteiger partial charge on any atom is -0.375 e. The number of rotatable bonds is 6. The molecule has 2 atom stereocenters. The van der Waals surface area contributed by atoms with Gasteiger partial charge in [-0.2, -0.15) is 0 Å². The van der Waals surface area contributed by atoms with Gasteiger partial charge in [0.1, 0.15) is 0 Å². The van der Waals surface area contributed by atoms with Gasteiger partial charge in [0.25, 0.3) is 0 Å². The summed E-state index contributed by atoms with van der Waals surface area (Å²) in [5, 5.41) is 6.57. The summed E-state index contributed by atoms with van der Waals surface area (Å²) in [6.45, 7) is 5.20. The Kier molecular flexibility index (Phi) is 5.01. The Bertz CT molecular complexity index is 269. The second kappa shape index (κ2) is 6.53. The van der Waals surface area contributed by atoms with E-state index in [2.05, 4.69) is 24.5 Å². The van der Waals surface area contributed by atoms with Gasteiger partial charge in [-0.25, -0.2) is 0 Å². The number of carbonyl (C=O) groups excluding carboxylic acids is 1. The van der Waals surface area contributed by atoms with Crippen molar-refractivity contribution in [2.24, 2.45) is 0 Å². The van der Waals surface area contributed by atoms with Crippen LogP contribution in [0, 0.1) is 0 Å². The van der Waals surface area contributed by atoms with Crippen LogP contribution in [0.15, 0.2) is 0 Å². The van der Waals surface area contributed by atoms with Crippen molar-refractivity contribution >= 4 is 5.91 Å². The Labute approximate surface area is 110 Å². The third-order valence-corrected chi connectivity index (χ3v) is 3.65. The van der Waals surface area contributed by atoms with Crippen LogP contribution in [0.25, 0.3) is 0 Å². The molecule has 0 aromatic carbocycles. The molecule has 4 heteroatoms. The Hall–Kier alpha value is -0.610. The fourth-order valence-corrected chi connectivity index (χ4v) is 2.65. The van der Waals surface area contributed by atoms with E-state index in [9.17, 15) is 4.79 Å². The Balaban J connectivity index is 1.52. The highest BCUT2D eigenvalue weighted by atomic mass is 16.5. The monoisotopic (exact) mass is 254 g/mol. The van der Waals surface area contributed by atoms with Gasteiger partial charge in [-0.1, -0.05) is 0 Å². The number of carbonyl (C=O) groups is 1. The zero-order valence-electron chi connectivity index (χ0n) is 11.6. The molecule has 0 aromatic heterocycles. The van der Waals surface area contributed by atoms with Gasteiger partial charge in [0.2, 0.25) is 5.91 Å². The largest absolute Gasteiger partial charge is 0.375 e. The molecule has 0 radical (unpaired) electrons. The van der Waals surface area contributed by atoms with Gasteiger partial charge in [0, 0.05) is 18.5 Å². The number of hydrogen-bond acceptors (Lipinski definition) is 3. The van der Waals surface area contributed by atoms with Crippen molar-refractivity contribution in [2.45, 2.75) is 76.7 Å². The summed E-state index contributed by atoms with van der Waals surface area (Å²) < 4.78 is 5.71. The third kappa shape index (κ3) is 4.94. The molecule has 2 fully saturated rings. The third-order valence-electron chi connectivity index (χ3n) is 3.65. The Morgan fingerprint density at radius 3 is 2.44 bits per heavy atom. The lowest BCUT2D eigenvalue weighted by molar-refractivity contribution is -0.121. The first-order chi connectivity index (χ1) is 8.63. The maximum atomic E-state index is 11.5. The number of hydrogen-bond donors (Lipinski definition) is 2. The van der Waals surface area contributed by atoms with Gasteiger partial charge in [0.05, 0.1) is 12.2 Å². The molecule has 2 unspecified atom stereocenters. The van der Waals surface area contributed by atoms with Crippen LogP contribution >= 0.6 is 0 Å². The van der Waals surface area contributed by atoms with Crippen LogP contribution in [0.1, 0.15) is 52.4 Å². The van der Waals surface area contributed by atoms with E-state index >= 15 is 0 Å². The predicted molar refractivity (Wildman–Crippen MR) is 71.4 cm³/mol. The van der Waals surface area contributed by atoms with E-state index in [1.807, 2.05) is 0 Å². The van der Waals surface area contributed by atoms with Crippen molar-refractivity contribution in [2.75, 3.05) is 6.54 Å². The van der Waals surface area contributed by atoms with E-state index in [0.29, 0.717) is 30.7 Å². The van der Waals surface area contributed by atoms with Crippen LogP contribution in [0.2, 0.25) is 0 Å². The Morgan fingerprint density at radius 2 is 1.83 bits per heavy atom. The van der Waals surface area contributed by atoms with E-state index in [0.717, 1.165) is 25.8 Å². The summed E-state index contributed by atoms with van der Waals surface area (Å²) in [5.74, 6) is 0.216. The molecule has 1 amide bonds. The SMILES string of the molecule is CC1CC(NCCCC(=O)NC2CC2)CC(C)O1. The zero-order chi connectivity index (χ0) is 13.0. The molecule has 0 spiro atoms. The summed E-state index contributed by atoms with van der Waals surface area (Å²) in [7, 11) is 0. The van der Waals surface area contributed by atoms with Crippen molar-refractivity contribution in [3.05, 3.63) is 0 Å². The second-order valence-corrected chi connectivity index (χ2v) is 5.83. The molecule has 0 aromatic rings. The zero-order valence-corrected chi connectivity index (χ0v) is 11.6. The van der Waals surface area contributed by atoms with E-state index in [4.69, 9.17) is 4.74 Å². The molecule has 1 aliphatic heterocycles.